The van der Waals surface area contributed by atoms with Gasteiger partial charge in [0.2, 0.25) is 0 Å². The summed E-state index contributed by atoms with van der Waals surface area (Å²) in [6.45, 7) is 1.39. The van der Waals surface area contributed by atoms with Crippen LogP contribution in [-0.4, -0.2) is 55.7 Å². The standard InChI is InChI=1S/C7H15NO3S2/c1-13(10,11)3-2-12-7-5-8-4-6(7)9/h6-9H,2-5H2,1H3. The van der Waals surface area contributed by atoms with Gasteiger partial charge in [0.1, 0.15) is 9.84 Å². The Bertz CT molecular complexity index is 252. The molecule has 2 atom stereocenters. The Morgan fingerprint density at radius 2 is 2.23 bits per heavy atom. The first kappa shape index (κ1) is 11.3. The third kappa shape index (κ3) is 4.30. The molecule has 6 heteroatoms. The molecule has 1 fully saturated rings. The van der Waals surface area contributed by atoms with Gasteiger partial charge in [-0.3, -0.25) is 0 Å². The quantitative estimate of drug-likeness (QED) is 0.649. The van der Waals surface area contributed by atoms with Crippen LogP contribution >= 0.6 is 11.8 Å². The number of sulfone groups is 1. The summed E-state index contributed by atoms with van der Waals surface area (Å²) in [5.41, 5.74) is 0. The predicted octanol–water partition coefficient (Wildman–Crippen LogP) is -0.903. The van der Waals surface area contributed by atoms with Gasteiger partial charge in [-0.25, -0.2) is 8.42 Å². The van der Waals surface area contributed by atoms with Crippen molar-refractivity contribution < 1.29 is 13.5 Å². The summed E-state index contributed by atoms with van der Waals surface area (Å²) in [5, 5.41) is 12.6. The largest absolute Gasteiger partial charge is 0.391 e. The van der Waals surface area contributed by atoms with E-state index >= 15 is 0 Å². The van der Waals surface area contributed by atoms with Gasteiger partial charge in [0.15, 0.2) is 0 Å². The Morgan fingerprint density at radius 3 is 2.69 bits per heavy atom. The molecular weight excluding hydrogens is 210 g/mol. The van der Waals surface area contributed by atoms with Gasteiger partial charge in [-0.15, -0.1) is 0 Å². The van der Waals surface area contributed by atoms with Crippen LogP contribution in [0.5, 0.6) is 0 Å². The number of aliphatic hydroxyl groups excluding tert-OH is 1. The van der Waals surface area contributed by atoms with Crippen molar-refractivity contribution in [2.45, 2.75) is 11.4 Å². The van der Waals surface area contributed by atoms with E-state index < -0.39 is 9.84 Å². The SMILES string of the molecule is CS(=O)(=O)CCSC1CNCC1O. The number of β-amino-alcohol motifs (C(OH)–C–C–N with tert-alkyl or cyclic N) is 1. The zero-order valence-corrected chi connectivity index (χ0v) is 9.20. The van der Waals surface area contributed by atoms with E-state index in [9.17, 15) is 13.5 Å². The number of hydrogen-bond donors (Lipinski definition) is 2. The summed E-state index contributed by atoms with van der Waals surface area (Å²) >= 11 is 1.53. The Kier molecular flexibility index (Phi) is 4.03. The molecule has 0 radical (unpaired) electrons. The molecule has 4 nitrogen and oxygen atoms in total. The first-order valence-corrected chi connectivity index (χ1v) is 7.28. The van der Waals surface area contributed by atoms with Crippen molar-refractivity contribution in [2.75, 3.05) is 30.9 Å². The fraction of sp³-hybridized carbons (Fsp3) is 1.00. The molecule has 0 amide bonds. The number of rotatable bonds is 4. The van der Waals surface area contributed by atoms with Gasteiger partial charge in [0.25, 0.3) is 0 Å². The summed E-state index contributed by atoms with van der Waals surface area (Å²) < 4.78 is 21.6. The second-order valence-corrected chi connectivity index (χ2v) is 6.87. The molecule has 1 heterocycles. The van der Waals surface area contributed by atoms with Crippen molar-refractivity contribution in [3.8, 4) is 0 Å². The average molecular weight is 225 g/mol. The fourth-order valence-electron chi connectivity index (χ4n) is 1.16. The highest BCUT2D eigenvalue weighted by Crippen LogP contribution is 2.17. The predicted molar refractivity (Wildman–Crippen MR) is 54.8 cm³/mol. The molecule has 2 N–H and O–H groups in total. The Balaban J connectivity index is 2.19. The average Bonchev–Trinajstić information content (AvgIpc) is 2.34. The minimum Gasteiger partial charge on any atom is -0.391 e. The molecule has 0 bridgehead atoms. The van der Waals surface area contributed by atoms with Crippen LogP contribution < -0.4 is 5.32 Å². The first-order chi connectivity index (χ1) is 5.99. The molecule has 1 aliphatic rings. The van der Waals surface area contributed by atoms with Crippen molar-refractivity contribution in [1.29, 1.82) is 0 Å². The molecule has 0 aromatic carbocycles. The van der Waals surface area contributed by atoms with E-state index in [-0.39, 0.29) is 17.1 Å². The van der Waals surface area contributed by atoms with E-state index in [0.717, 1.165) is 6.54 Å². The summed E-state index contributed by atoms with van der Waals surface area (Å²) in [6.07, 6.45) is 0.904. The molecule has 13 heavy (non-hydrogen) atoms. The number of thioether (sulfide) groups is 1. The maximum atomic E-state index is 10.8. The molecular formula is C7H15NO3S2. The lowest BCUT2D eigenvalue weighted by molar-refractivity contribution is 0.201. The minimum absolute atomic E-state index is 0.154. The first-order valence-electron chi connectivity index (χ1n) is 4.17. The van der Waals surface area contributed by atoms with Crippen molar-refractivity contribution in [1.82, 2.24) is 5.32 Å². The van der Waals surface area contributed by atoms with E-state index in [1.54, 1.807) is 0 Å². The molecule has 78 valence electrons. The Hall–Kier alpha value is 0.220. The topological polar surface area (TPSA) is 66.4 Å². The van der Waals surface area contributed by atoms with Crippen LogP contribution in [0.3, 0.4) is 0 Å². The van der Waals surface area contributed by atoms with E-state index in [0.29, 0.717) is 12.3 Å². The Morgan fingerprint density at radius 1 is 1.54 bits per heavy atom. The summed E-state index contributed by atoms with van der Waals surface area (Å²) in [7, 11) is -2.86. The van der Waals surface area contributed by atoms with Gasteiger partial charge in [0.05, 0.1) is 11.9 Å². The molecule has 0 aliphatic carbocycles. The van der Waals surface area contributed by atoms with Crippen molar-refractivity contribution >= 4 is 21.6 Å². The van der Waals surface area contributed by atoms with E-state index in [1.807, 2.05) is 0 Å². The zero-order valence-electron chi connectivity index (χ0n) is 7.56. The molecule has 1 rings (SSSR count). The molecule has 2 unspecified atom stereocenters. The molecule has 0 aromatic heterocycles. The maximum absolute atomic E-state index is 10.8. The molecule has 1 saturated heterocycles. The molecule has 0 aromatic rings. The van der Waals surface area contributed by atoms with Gasteiger partial charge in [-0.05, 0) is 0 Å². The van der Waals surface area contributed by atoms with Gasteiger partial charge in [-0.1, -0.05) is 0 Å². The number of hydrogen-bond acceptors (Lipinski definition) is 5. The Labute approximate surface area is 83.0 Å². The lowest BCUT2D eigenvalue weighted by Gasteiger charge is -2.11. The summed E-state index contributed by atoms with van der Waals surface area (Å²) in [6, 6.07) is 0. The van der Waals surface area contributed by atoms with Crippen LogP contribution in [0.4, 0.5) is 0 Å². The van der Waals surface area contributed by atoms with Gasteiger partial charge >= 0.3 is 0 Å². The minimum atomic E-state index is -2.86. The number of aliphatic hydroxyl groups is 1. The lowest BCUT2D eigenvalue weighted by atomic mass is 10.3. The van der Waals surface area contributed by atoms with Gasteiger partial charge in [0, 0.05) is 30.3 Å². The third-order valence-electron chi connectivity index (χ3n) is 1.91. The van der Waals surface area contributed by atoms with Crippen molar-refractivity contribution in [3.63, 3.8) is 0 Å². The van der Waals surface area contributed by atoms with Crippen LogP contribution in [0.25, 0.3) is 0 Å². The van der Waals surface area contributed by atoms with Gasteiger partial charge < -0.3 is 10.4 Å². The zero-order chi connectivity index (χ0) is 9.90. The van der Waals surface area contributed by atoms with E-state index in [1.165, 1.54) is 18.0 Å². The molecule has 0 spiro atoms. The smallest absolute Gasteiger partial charge is 0.148 e. The second kappa shape index (κ2) is 4.63. The second-order valence-electron chi connectivity index (χ2n) is 3.26. The number of nitrogens with one attached hydrogen (secondary N) is 1. The normalized spacial score (nSPS) is 29.4. The lowest BCUT2D eigenvalue weighted by Crippen LogP contribution is -2.21. The highest BCUT2D eigenvalue weighted by Gasteiger charge is 2.25. The highest BCUT2D eigenvalue weighted by atomic mass is 32.2. The summed E-state index contributed by atoms with van der Waals surface area (Å²) in [5.74, 6) is 0.767. The third-order valence-corrected chi connectivity index (χ3v) is 4.47. The van der Waals surface area contributed by atoms with Crippen LogP contribution in [-0.2, 0) is 9.84 Å². The maximum Gasteiger partial charge on any atom is 0.148 e. The van der Waals surface area contributed by atoms with E-state index in [4.69, 9.17) is 0 Å². The highest BCUT2D eigenvalue weighted by molar-refractivity contribution is 8.01. The van der Waals surface area contributed by atoms with E-state index in [2.05, 4.69) is 5.32 Å². The molecule has 1 aliphatic heterocycles. The van der Waals surface area contributed by atoms with Crippen LogP contribution in [0, 0.1) is 0 Å². The monoisotopic (exact) mass is 225 g/mol. The van der Waals surface area contributed by atoms with Crippen LogP contribution in [0.2, 0.25) is 0 Å². The molecule has 0 saturated carbocycles. The van der Waals surface area contributed by atoms with Crippen LogP contribution in [0.1, 0.15) is 0 Å². The van der Waals surface area contributed by atoms with Crippen LogP contribution in [0.15, 0.2) is 0 Å². The fourth-order valence-corrected chi connectivity index (χ4v) is 3.61. The summed E-state index contributed by atoms with van der Waals surface area (Å²) in [4.78, 5) is 0. The van der Waals surface area contributed by atoms with Crippen molar-refractivity contribution in [3.05, 3.63) is 0 Å². The van der Waals surface area contributed by atoms with Gasteiger partial charge in [-0.2, -0.15) is 11.8 Å². The van der Waals surface area contributed by atoms with Crippen molar-refractivity contribution in [2.24, 2.45) is 0 Å².